The first kappa shape index (κ1) is 31.7. The van der Waals surface area contributed by atoms with Crippen LogP contribution in [0.5, 0.6) is 0 Å². The molecule has 1 aromatic carbocycles. The number of aromatic nitrogens is 1. The number of halogens is 3. The molecule has 6 rings (SSSR count). The number of thiazole rings is 1. The number of benzene rings is 1. The summed E-state index contributed by atoms with van der Waals surface area (Å²) >= 11 is 1.33. The molecule has 4 aliphatic rings. The third kappa shape index (κ3) is 5.67. The molecule has 45 heavy (non-hydrogen) atoms. The van der Waals surface area contributed by atoms with Gasteiger partial charge in [-0.1, -0.05) is 12.1 Å². The van der Waals surface area contributed by atoms with Crippen molar-refractivity contribution in [3.05, 3.63) is 63.0 Å². The summed E-state index contributed by atoms with van der Waals surface area (Å²) in [6.45, 7) is 6.37. The van der Waals surface area contributed by atoms with Crippen LogP contribution in [0.1, 0.15) is 68.6 Å². The maximum atomic E-state index is 16.0. The molecule has 3 fully saturated rings. The number of alkyl halides is 2. The van der Waals surface area contributed by atoms with E-state index in [1.54, 1.807) is 56.3 Å². The minimum Gasteiger partial charge on any atom is -0.481 e. The molecular weight excluding hydrogens is 607 g/mol. The van der Waals surface area contributed by atoms with E-state index < -0.39 is 53.8 Å². The Bertz CT molecular complexity index is 1560. The Balaban J connectivity index is 1.38. The zero-order chi connectivity index (χ0) is 32.3. The molecule has 2 saturated heterocycles. The summed E-state index contributed by atoms with van der Waals surface area (Å²) in [6.07, 6.45) is 3.98. The van der Waals surface area contributed by atoms with Crippen LogP contribution in [0.4, 0.5) is 13.2 Å². The van der Waals surface area contributed by atoms with E-state index >= 15 is 8.78 Å². The maximum absolute atomic E-state index is 16.0. The van der Waals surface area contributed by atoms with Crippen molar-refractivity contribution in [3.63, 3.8) is 0 Å². The largest absolute Gasteiger partial charge is 0.481 e. The molecule has 9 nitrogen and oxygen atoms in total. The molecule has 0 bridgehead atoms. The van der Waals surface area contributed by atoms with E-state index in [9.17, 15) is 19.1 Å². The van der Waals surface area contributed by atoms with E-state index in [1.165, 1.54) is 17.4 Å². The summed E-state index contributed by atoms with van der Waals surface area (Å²) in [7, 11) is 0. The van der Waals surface area contributed by atoms with E-state index in [-0.39, 0.29) is 37.2 Å². The number of aliphatic imine (C=N–C) groups is 1. The summed E-state index contributed by atoms with van der Waals surface area (Å²) in [4.78, 5) is 38.2. The molecule has 4 heterocycles. The predicted molar refractivity (Wildman–Crippen MR) is 163 cm³/mol. The molecule has 0 amide bonds. The fourth-order valence-corrected chi connectivity index (χ4v) is 7.69. The van der Waals surface area contributed by atoms with E-state index in [4.69, 9.17) is 9.73 Å². The minimum atomic E-state index is -3.06. The van der Waals surface area contributed by atoms with Crippen molar-refractivity contribution in [1.82, 2.24) is 20.1 Å². The number of nitrogens with one attached hydrogen (secondary N) is 1. The number of carboxylic acids is 1. The molecule has 2 N–H and O–H groups in total. The highest BCUT2D eigenvalue weighted by Gasteiger charge is 2.69. The van der Waals surface area contributed by atoms with Crippen molar-refractivity contribution < 1.29 is 32.6 Å². The van der Waals surface area contributed by atoms with Gasteiger partial charge in [0.15, 0.2) is 10.8 Å². The molecule has 1 aromatic heterocycles. The molecule has 1 saturated carbocycles. The summed E-state index contributed by atoms with van der Waals surface area (Å²) in [6, 6.07) is 2.07. The first-order valence-corrected chi connectivity index (χ1v) is 16.2. The number of aliphatic carboxylic acids is 1. The second-order valence-electron chi connectivity index (χ2n) is 13.1. The van der Waals surface area contributed by atoms with Crippen LogP contribution in [-0.4, -0.2) is 87.5 Å². The average Bonchev–Trinajstić information content (AvgIpc) is 3.30. The topological polar surface area (TPSA) is 107 Å². The second-order valence-corrected chi connectivity index (χ2v) is 14.0. The number of fused-ring (bicyclic) bond motifs is 1. The van der Waals surface area contributed by atoms with Crippen molar-refractivity contribution in [2.45, 2.75) is 83.0 Å². The Morgan fingerprint density at radius 2 is 2.02 bits per heavy atom. The first-order chi connectivity index (χ1) is 21.3. The van der Waals surface area contributed by atoms with Crippen LogP contribution in [0.25, 0.3) is 0 Å². The number of likely N-dealkylation sites (tertiary alicyclic amines) is 2. The smallest absolute Gasteiger partial charge is 0.338 e. The van der Waals surface area contributed by atoms with E-state index in [1.807, 2.05) is 4.90 Å². The standard InChI is InChI=1S/C32H38F3N5O4S/c1-5-44-28(41)23-21(37-26(27-36-12-14-45-27)38-24(23)19-7-6-8-20(33)18(19)2)16-39-17-32(34,35)25-22(39)15-31(9-10-31)40(25)13-11-30(3,4)29(42)43/h6-8,12,14,22,24-25H,5,9-11,13,15-17H2,1-4H3,(H,37,38)(H,42,43)/t22-,24-,25+/m0/s1. The van der Waals surface area contributed by atoms with Crippen LogP contribution in [0.15, 0.2) is 46.0 Å². The summed E-state index contributed by atoms with van der Waals surface area (Å²) < 4.78 is 52.3. The van der Waals surface area contributed by atoms with Crippen molar-refractivity contribution in [3.8, 4) is 0 Å². The average molecular weight is 646 g/mol. The lowest BCUT2D eigenvalue weighted by Crippen LogP contribution is -2.49. The quantitative estimate of drug-likeness (QED) is 0.351. The molecule has 1 aliphatic carbocycles. The van der Waals surface area contributed by atoms with Crippen molar-refractivity contribution in [2.75, 3.05) is 26.2 Å². The van der Waals surface area contributed by atoms with Crippen LogP contribution in [0.3, 0.4) is 0 Å². The van der Waals surface area contributed by atoms with Gasteiger partial charge in [-0.15, -0.1) is 11.3 Å². The van der Waals surface area contributed by atoms with Crippen molar-refractivity contribution >= 4 is 29.1 Å². The number of esters is 1. The third-order valence-electron chi connectivity index (χ3n) is 9.82. The van der Waals surface area contributed by atoms with Crippen LogP contribution in [-0.2, 0) is 14.3 Å². The Morgan fingerprint density at radius 1 is 1.27 bits per heavy atom. The lowest BCUT2D eigenvalue weighted by molar-refractivity contribution is -0.147. The highest BCUT2D eigenvalue weighted by molar-refractivity contribution is 7.11. The van der Waals surface area contributed by atoms with Gasteiger partial charge in [0.1, 0.15) is 11.9 Å². The monoisotopic (exact) mass is 645 g/mol. The Labute approximate surface area is 264 Å². The minimum absolute atomic E-state index is 0.00922. The SMILES string of the molecule is CCOC(=O)C1=C(CN2CC(F)(F)[C@H]3[C@@H]2CC2(CC2)N3CCC(C)(C)C(=O)O)NC(c2nccs2)=N[C@H]1c1cccc(F)c1C. The van der Waals surface area contributed by atoms with Crippen LogP contribution in [0, 0.1) is 18.2 Å². The number of rotatable bonds is 10. The van der Waals surface area contributed by atoms with Gasteiger partial charge in [-0.2, -0.15) is 0 Å². The van der Waals surface area contributed by atoms with Crippen LogP contribution in [0.2, 0.25) is 0 Å². The van der Waals surface area contributed by atoms with Gasteiger partial charge in [0.2, 0.25) is 0 Å². The molecule has 1 spiro atoms. The molecule has 0 unspecified atom stereocenters. The number of nitrogens with zero attached hydrogens (tertiary/aromatic N) is 4. The van der Waals surface area contributed by atoms with Gasteiger partial charge >= 0.3 is 11.9 Å². The predicted octanol–water partition coefficient (Wildman–Crippen LogP) is 4.93. The van der Waals surface area contributed by atoms with E-state index in [0.29, 0.717) is 34.1 Å². The number of carbonyl (C=O) groups is 2. The molecule has 2 aromatic rings. The van der Waals surface area contributed by atoms with Gasteiger partial charge in [-0.25, -0.2) is 22.9 Å². The van der Waals surface area contributed by atoms with Gasteiger partial charge in [0.05, 0.1) is 30.2 Å². The fraction of sp³-hybridized carbons (Fsp3) is 0.562. The second kappa shape index (κ2) is 11.5. The van der Waals surface area contributed by atoms with Crippen molar-refractivity contribution in [2.24, 2.45) is 10.4 Å². The number of carboxylic acid groups (broad SMARTS) is 1. The number of carbonyl (C=O) groups excluding carboxylic acids is 1. The highest BCUT2D eigenvalue weighted by Crippen LogP contribution is 2.58. The maximum Gasteiger partial charge on any atom is 0.338 e. The molecule has 242 valence electrons. The number of ether oxygens (including phenoxy) is 1. The number of amidine groups is 1. The van der Waals surface area contributed by atoms with E-state index in [0.717, 1.165) is 12.8 Å². The van der Waals surface area contributed by atoms with Gasteiger partial charge in [0, 0.05) is 41.9 Å². The molecular formula is C32H38F3N5O4S. The Morgan fingerprint density at radius 3 is 2.67 bits per heavy atom. The van der Waals surface area contributed by atoms with Gasteiger partial charge in [-0.3, -0.25) is 19.6 Å². The normalized spacial score (nSPS) is 25.7. The molecule has 13 heteroatoms. The lowest BCUT2D eigenvalue weighted by atomic mass is 9.89. The summed E-state index contributed by atoms with van der Waals surface area (Å²) in [5.74, 6) is -4.75. The van der Waals surface area contributed by atoms with Gasteiger partial charge in [0.25, 0.3) is 5.92 Å². The summed E-state index contributed by atoms with van der Waals surface area (Å²) in [5, 5.41) is 15.2. The van der Waals surface area contributed by atoms with Crippen LogP contribution >= 0.6 is 11.3 Å². The zero-order valence-electron chi connectivity index (χ0n) is 25.8. The molecule has 3 aliphatic heterocycles. The first-order valence-electron chi connectivity index (χ1n) is 15.3. The van der Waals surface area contributed by atoms with Crippen molar-refractivity contribution in [1.29, 1.82) is 0 Å². The lowest BCUT2D eigenvalue weighted by Gasteiger charge is -2.34. The number of hydrogen-bond acceptors (Lipinski definition) is 9. The fourth-order valence-electron chi connectivity index (χ4n) is 7.10. The van der Waals surface area contributed by atoms with E-state index in [2.05, 4.69) is 10.3 Å². The van der Waals surface area contributed by atoms with Gasteiger partial charge in [-0.05, 0) is 70.6 Å². The van der Waals surface area contributed by atoms with Crippen LogP contribution < -0.4 is 5.32 Å². The third-order valence-corrected chi connectivity index (χ3v) is 10.6. The Kier molecular flexibility index (Phi) is 8.10. The molecule has 3 atom stereocenters. The summed E-state index contributed by atoms with van der Waals surface area (Å²) in [5.41, 5.74) is -0.0967. The zero-order valence-corrected chi connectivity index (χ0v) is 26.6. The Hall–Kier alpha value is -3.29. The van der Waals surface area contributed by atoms with Gasteiger partial charge < -0.3 is 15.2 Å². The molecule has 0 radical (unpaired) electrons. The number of hydrogen-bond donors (Lipinski definition) is 2. The highest BCUT2D eigenvalue weighted by atomic mass is 32.1.